The molecule has 0 radical (unpaired) electrons. The summed E-state index contributed by atoms with van der Waals surface area (Å²) in [4.78, 5) is 14.7. The van der Waals surface area contributed by atoms with E-state index in [1.807, 2.05) is 35.2 Å². The molecule has 0 atom stereocenters. The number of aromatic nitrogens is 5. The van der Waals surface area contributed by atoms with Crippen molar-refractivity contribution in [2.45, 2.75) is 52.1 Å². The summed E-state index contributed by atoms with van der Waals surface area (Å²) in [5.41, 5.74) is 3.32. The summed E-state index contributed by atoms with van der Waals surface area (Å²) in [7, 11) is 3.85. The molecule has 1 aliphatic rings. The van der Waals surface area contributed by atoms with Gasteiger partial charge < -0.3 is 9.47 Å². The van der Waals surface area contributed by atoms with Crippen LogP contribution in [0.25, 0.3) is 0 Å². The van der Waals surface area contributed by atoms with Crippen LogP contribution in [0.5, 0.6) is 0 Å². The average Bonchev–Trinajstić information content (AvgIpc) is 3.22. The van der Waals surface area contributed by atoms with Crippen LogP contribution in [0.2, 0.25) is 0 Å². The molecule has 1 fully saturated rings. The fourth-order valence-electron chi connectivity index (χ4n) is 2.92. The largest absolute Gasteiger partial charge is 0.335 e. The standard InChI is InChI=1S/C16H24N6O/c1-11-14(12(2)21(4)19-11)9-22(13-5-6-13)16(23)8-7-15-18-17-10-20(15)3/h10,13H,5-9H2,1-4H3. The van der Waals surface area contributed by atoms with Crippen LogP contribution in [0.1, 0.15) is 42.0 Å². The van der Waals surface area contributed by atoms with Crippen molar-refractivity contribution in [3.8, 4) is 0 Å². The van der Waals surface area contributed by atoms with Gasteiger partial charge in [-0.05, 0) is 26.7 Å². The highest BCUT2D eigenvalue weighted by Crippen LogP contribution is 2.30. The van der Waals surface area contributed by atoms with Gasteiger partial charge in [-0.3, -0.25) is 9.48 Å². The SMILES string of the molecule is Cc1nn(C)c(C)c1CN(C(=O)CCc1nncn1C)C1CC1. The summed E-state index contributed by atoms with van der Waals surface area (Å²) in [5.74, 6) is 1.04. The molecule has 0 N–H and O–H groups in total. The number of nitrogens with zero attached hydrogens (tertiary/aromatic N) is 6. The van der Waals surface area contributed by atoms with E-state index in [1.54, 1.807) is 6.33 Å². The van der Waals surface area contributed by atoms with E-state index in [9.17, 15) is 4.79 Å². The lowest BCUT2D eigenvalue weighted by molar-refractivity contribution is -0.132. The van der Waals surface area contributed by atoms with Crippen molar-refractivity contribution in [2.24, 2.45) is 14.1 Å². The zero-order valence-electron chi connectivity index (χ0n) is 14.3. The highest BCUT2D eigenvalue weighted by Gasteiger charge is 2.33. The van der Waals surface area contributed by atoms with Gasteiger partial charge >= 0.3 is 0 Å². The van der Waals surface area contributed by atoms with Gasteiger partial charge in [-0.2, -0.15) is 5.10 Å². The maximum atomic E-state index is 12.7. The second-order valence-electron chi connectivity index (χ2n) is 6.38. The van der Waals surface area contributed by atoms with Crippen molar-refractivity contribution < 1.29 is 4.79 Å². The summed E-state index contributed by atoms with van der Waals surface area (Å²) < 4.78 is 3.75. The molecule has 3 rings (SSSR count). The monoisotopic (exact) mass is 316 g/mol. The van der Waals surface area contributed by atoms with Crippen LogP contribution in [0.4, 0.5) is 0 Å². The molecule has 0 aliphatic heterocycles. The molecule has 1 aliphatic carbocycles. The zero-order chi connectivity index (χ0) is 16.6. The van der Waals surface area contributed by atoms with Crippen molar-refractivity contribution in [2.75, 3.05) is 0 Å². The lowest BCUT2D eigenvalue weighted by atomic mass is 10.1. The van der Waals surface area contributed by atoms with Crippen LogP contribution in [0.15, 0.2) is 6.33 Å². The summed E-state index contributed by atoms with van der Waals surface area (Å²) in [6, 6.07) is 0.390. The quantitative estimate of drug-likeness (QED) is 0.805. The van der Waals surface area contributed by atoms with Crippen molar-refractivity contribution in [3.63, 3.8) is 0 Å². The first-order valence-electron chi connectivity index (χ1n) is 8.08. The molecular weight excluding hydrogens is 292 g/mol. The minimum absolute atomic E-state index is 0.193. The number of carbonyl (C=O) groups is 1. The van der Waals surface area contributed by atoms with Crippen LogP contribution in [-0.2, 0) is 31.9 Å². The van der Waals surface area contributed by atoms with E-state index >= 15 is 0 Å². The summed E-state index contributed by atoms with van der Waals surface area (Å²) in [5, 5.41) is 12.4. The molecule has 7 nitrogen and oxygen atoms in total. The van der Waals surface area contributed by atoms with E-state index in [4.69, 9.17) is 0 Å². The molecule has 7 heteroatoms. The van der Waals surface area contributed by atoms with E-state index < -0.39 is 0 Å². The molecule has 1 amide bonds. The lowest BCUT2D eigenvalue weighted by Gasteiger charge is -2.23. The molecule has 0 aromatic carbocycles. The Kier molecular flexibility index (Phi) is 4.19. The molecule has 2 aromatic rings. The number of hydrogen-bond donors (Lipinski definition) is 0. The third-order valence-corrected chi connectivity index (χ3v) is 4.66. The minimum Gasteiger partial charge on any atom is -0.335 e. The Balaban J connectivity index is 1.69. The Morgan fingerprint density at radius 1 is 1.35 bits per heavy atom. The predicted octanol–water partition coefficient (Wildman–Crippen LogP) is 1.29. The van der Waals surface area contributed by atoms with Crippen molar-refractivity contribution in [1.82, 2.24) is 29.4 Å². The fourth-order valence-corrected chi connectivity index (χ4v) is 2.92. The summed E-state index contributed by atoms with van der Waals surface area (Å²) in [6.07, 6.45) is 4.98. The Morgan fingerprint density at radius 3 is 2.61 bits per heavy atom. The molecule has 124 valence electrons. The van der Waals surface area contributed by atoms with E-state index in [1.165, 1.54) is 5.56 Å². The second kappa shape index (κ2) is 6.14. The first-order valence-corrected chi connectivity index (χ1v) is 8.08. The summed E-state index contributed by atoms with van der Waals surface area (Å²) >= 11 is 0. The number of rotatable bonds is 6. The van der Waals surface area contributed by atoms with Crippen LogP contribution in [-0.4, -0.2) is 41.4 Å². The van der Waals surface area contributed by atoms with Gasteiger partial charge in [-0.15, -0.1) is 10.2 Å². The third kappa shape index (κ3) is 3.28. The Labute approximate surface area is 136 Å². The van der Waals surface area contributed by atoms with Crippen LogP contribution >= 0.6 is 0 Å². The number of carbonyl (C=O) groups excluding carboxylic acids is 1. The van der Waals surface area contributed by atoms with E-state index in [0.29, 0.717) is 25.4 Å². The van der Waals surface area contributed by atoms with Gasteiger partial charge in [0.05, 0.1) is 5.69 Å². The molecule has 0 saturated heterocycles. The molecule has 2 aromatic heterocycles. The Hall–Kier alpha value is -2.18. The molecule has 0 unspecified atom stereocenters. The minimum atomic E-state index is 0.193. The lowest BCUT2D eigenvalue weighted by Crippen LogP contribution is -2.33. The van der Waals surface area contributed by atoms with Gasteiger partial charge in [0.2, 0.25) is 5.91 Å². The predicted molar refractivity (Wildman–Crippen MR) is 85.6 cm³/mol. The first kappa shape index (κ1) is 15.7. The Bertz CT molecular complexity index is 712. The van der Waals surface area contributed by atoms with Gasteiger partial charge in [-0.25, -0.2) is 0 Å². The molecule has 0 bridgehead atoms. The molecule has 0 spiro atoms. The summed E-state index contributed by atoms with van der Waals surface area (Å²) in [6.45, 7) is 4.73. The van der Waals surface area contributed by atoms with Gasteiger partial charge in [0.1, 0.15) is 12.2 Å². The van der Waals surface area contributed by atoms with Crippen molar-refractivity contribution >= 4 is 5.91 Å². The van der Waals surface area contributed by atoms with Gasteiger partial charge in [0, 0.05) is 50.8 Å². The van der Waals surface area contributed by atoms with Gasteiger partial charge in [0.15, 0.2) is 0 Å². The average molecular weight is 316 g/mol. The van der Waals surface area contributed by atoms with E-state index in [-0.39, 0.29) is 5.91 Å². The topological polar surface area (TPSA) is 68.8 Å². The van der Waals surface area contributed by atoms with E-state index in [2.05, 4.69) is 22.2 Å². The van der Waals surface area contributed by atoms with Gasteiger partial charge in [-0.1, -0.05) is 0 Å². The maximum Gasteiger partial charge on any atom is 0.223 e. The Morgan fingerprint density at radius 2 is 2.09 bits per heavy atom. The molecular formula is C16H24N6O. The van der Waals surface area contributed by atoms with Crippen molar-refractivity contribution in [1.29, 1.82) is 0 Å². The molecule has 23 heavy (non-hydrogen) atoms. The van der Waals surface area contributed by atoms with Crippen molar-refractivity contribution in [3.05, 3.63) is 29.1 Å². The van der Waals surface area contributed by atoms with E-state index in [0.717, 1.165) is 30.1 Å². The number of aryl methyl sites for hydroxylation is 4. The molecule has 1 saturated carbocycles. The highest BCUT2D eigenvalue weighted by molar-refractivity contribution is 5.77. The second-order valence-corrected chi connectivity index (χ2v) is 6.38. The number of hydrogen-bond acceptors (Lipinski definition) is 4. The number of amides is 1. The fraction of sp³-hybridized carbons (Fsp3) is 0.625. The van der Waals surface area contributed by atoms with Crippen LogP contribution in [0.3, 0.4) is 0 Å². The maximum absolute atomic E-state index is 12.7. The highest BCUT2D eigenvalue weighted by atomic mass is 16.2. The van der Waals surface area contributed by atoms with Crippen LogP contribution < -0.4 is 0 Å². The zero-order valence-corrected chi connectivity index (χ0v) is 14.3. The van der Waals surface area contributed by atoms with Gasteiger partial charge in [0.25, 0.3) is 0 Å². The normalized spacial score (nSPS) is 14.3. The first-order chi connectivity index (χ1) is 11.0. The third-order valence-electron chi connectivity index (χ3n) is 4.66. The van der Waals surface area contributed by atoms with Crippen LogP contribution in [0, 0.1) is 13.8 Å². The smallest absolute Gasteiger partial charge is 0.223 e. The molecule has 2 heterocycles.